The second-order valence-electron chi connectivity index (χ2n) is 4.02. The molecule has 1 aromatic carbocycles. The number of para-hydroxylation sites is 1. The van der Waals surface area contributed by atoms with Crippen molar-refractivity contribution in [3.05, 3.63) is 64.7 Å². The third-order valence-electron chi connectivity index (χ3n) is 2.55. The van der Waals surface area contributed by atoms with E-state index in [0.29, 0.717) is 16.7 Å². The monoisotopic (exact) mass is 270 g/mol. The molecule has 0 aliphatic rings. The summed E-state index contributed by atoms with van der Waals surface area (Å²) in [7, 11) is 0. The maximum absolute atomic E-state index is 11.8. The SMILES string of the molecule is C/C=C/C=C/C(=O)OCc1nc2ccccc2c(=O)[nH]1. The molecule has 5 heteroatoms. The number of fused-ring (bicyclic) bond motifs is 1. The minimum atomic E-state index is -0.487. The highest BCUT2D eigenvalue weighted by molar-refractivity contribution is 5.82. The summed E-state index contributed by atoms with van der Waals surface area (Å²) in [6.45, 7) is 1.78. The van der Waals surface area contributed by atoms with Crippen LogP contribution in [0.2, 0.25) is 0 Å². The van der Waals surface area contributed by atoms with Crippen LogP contribution in [-0.4, -0.2) is 15.9 Å². The quantitative estimate of drug-likeness (QED) is 0.524. The average Bonchev–Trinajstić information content (AvgIpc) is 2.45. The minimum Gasteiger partial charge on any atom is -0.454 e. The van der Waals surface area contributed by atoms with E-state index in [1.165, 1.54) is 6.08 Å². The molecule has 0 spiro atoms. The third-order valence-corrected chi connectivity index (χ3v) is 2.55. The Bertz CT molecular complexity index is 729. The molecule has 0 amide bonds. The van der Waals surface area contributed by atoms with E-state index in [9.17, 15) is 9.59 Å². The first-order valence-electron chi connectivity index (χ1n) is 6.15. The van der Waals surface area contributed by atoms with E-state index in [1.54, 1.807) is 42.5 Å². The normalized spacial score (nSPS) is 11.4. The summed E-state index contributed by atoms with van der Waals surface area (Å²) in [6.07, 6.45) is 6.40. The molecule has 0 aliphatic heterocycles. The lowest BCUT2D eigenvalue weighted by molar-refractivity contribution is -0.139. The highest BCUT2D eigenvalue weighted by atomic mass is 16.5. The lowest BCUT2D eigenvalue weighted by atomic mass is 10.2. The molecule has 0 saturated carbocycles. The Kier molecular flexibility index (Phi) is 4.44. The fraction of sp³-hybridized carbons (Fsp3) is 0.133. The smallest absolute Gasteiger partial charge is 0.331 e. The predicted octanol–water partition coefficient (Wildman–Crippen LogP) is 2.10. The molecule has 2 aromatic rings. The van der Waals surface area contributed by atoms with Crippen molar-refractivity contribution in [2.75, 3.05) is 0 Å². The van der Waals surface area contributed by atoms with E-state index < -0.39 is 5.97 Å². The summed E-state index contributed by atoms with van der Waals surface area (Å²) >= 11 is 0. The number of nitrogens with zero attached hydrogens (tertiary/aromatic N) is 1. The minimum absolute atomic E-state index is 0.0704. The number of rotatable bonds is 4. The van der Waals surface area contributed by atoms with E-state index in [4.69, 9.17) is 4.74 Å². The first kappa shape index (κ1) is 13.7. The van der Waals surface area contributed by atoms with Crippen molar-refractivity contribution in [3.8, 4) is 0 Å². The molecule has 0 saturated heterocycles. The zero-order valence-corrected chi connectivity index (χ0v) is 11.0. The Morgan fingerprint density at radius 1 is 1.35 bits per heavy atom. The van der Waals surface area contributed by atoms with Gasteiger partial charge in [-0.25, -0.2) is 9.78 Å². The van der Waals surface area contributed by atoms with Gasteiger partial charge >= 0.3 is 5.97 Å². The van der Waals surface area contributed by atoms with Crippen LogP contribution in [0.1, 0.15) is 12.7 Å². The second kappa shape index (κ2) is 6.47. The van der Waals surface area contributed by atoms with Gasteiger partial charge in [-0.1, -0.05) is 30.4 Å². The zero-order valence-electron chi connectivity index (χ0n) is 11.0. The maximum Gasteiger partial charge on any atom is 0.331 e. The Balaban J connectivity index is 2.11. The summed E-state index contributed by atoms with van der Waals surface area (Å²) in [5, 5.41) is 0.510. The van der Waals surface area contributed by atoms with Crippen molar-refractivity contribution in [1.29, 1.82) is 0 Å². The summed E-state index contributed by atoms with van der Waals surface area (Å²) in [5.41, 5.74) is 0.331. The largest absolute Gasteiger partial charge is 0.454 e. The molecule has 0 unspecified atom stereocenters. The standard InChI is InChI=1S/C15H14N2O3/c1-2-3-4-9-14(18)20-10-13-16-12-8-6-5-7-11(12)15(19)17-13/h2-9H,10H2,1H3,(H,16,17,19)/b3-2+,9-4+. The lowest BCUT2D eigenvalue weighted by Crippen LogP contribution is -2.13. The lowest BCUT2D eigenvalue weighted by Gasteiger charge is -2.03. The first-order chi connectivity index (χ1) is 9.70. The summed E-state index contributed by atoms with van der Waals surface area (Å²) in [4.78, 5) is 30.0. The first-order valence-corrected chi connectivity index (χ1v) is 6.15. The molecular formula is C15H14N2O3. The number of carbonyl (C=O) groups is 1. The van der Waals surface area contributed by atoms with Crippen LogP contribution in [-0.2, 0) is 16.1 Å². The number of aromatic amines is 1. The fourth-order valence-corrected chi connectivity index (χ4v) is 1.64. The highest BCUT2D eigenvalue weighted by Gasteiger charge is 2.04. The Labute approximate surface area is 115 Å². The van der Waals surface area contributed by atoms with Gasteiger partial charge < -0.3 is 9.72 Å². The zero-order chi connectivity index (χ0) is 14.4. The number of aromatic nitrogens is 2. The second-order valence-corrected chi connectivity index (χ2v) is 4.02. The molecule has 0 atom stereocenters. The molecule has 0 bridgehead atoms. The van der Waals surface area contributed by atoms with Crippen LogP contribution in [0.4, 0.5) is 0 Å². The average molecular weight is 270 g/mol. The molecule has 0 aliphatic carbocycles. The number of esters is 1. The van der Waals surface area contributed by atoms with Crippen molar-refractivity contribution < 1.29 is 9.53 Å². The molecule has 5 nitrogen and oxygen atoms in total. The fourth-order valence-electron chi connectivity index (χ4n) is 1.64. The van der Waals surface area contributed by atoms with Gasteiger partial charge in [0.25, 0.3) is 5.56 Å². The van der Waals surface area contributed by atoms with Crippen LogP contribution in [0, 0.1) is 0 Å². The van der Waals surface area contributed by atoms with Crippen molar-refractivity contribution in [1.82, 2.24) is 9.97 Å². The van der Waals surface area contributed by atoms with Gasteiger partial charge in [-0.05, 0) is 19.1 Å². The van der Waals surface area contributed by atoms with Crippen LogP contribution < -0.4 is 5.56 Å². The van der Waals surface area contributed by atoms with E-state index in [0.717, 1.165) is 0 Å². The molecule has 1 aromatic heterocycles. The molecular weight excluding hydrogens is 256 g/mol. The molecule has 20 heavy (non-hydrogen) atoms. The van der Waals surface area contributed by atoms with E-state index >= 15 is 0 Å². The molecule has 2 rings (SSSR count). The van der Waals surface area contributed by atoms with Gasteiger partial charge in [0.05, 0.1) is 10.9 Å². The maximum atomic E-state index is 11.8. The van der Waals surface area contributed by atoms with Crippen molar-refractivity contribution in [2.24, 2.45) is 0 Å². The van der Waals surface area contributed by atoms with Gasteiger partial charge in [-0.3, -0.25) is 4.79 Å². The van der Waals surface area contributed by atoms with Gasteiger partial charge in [0.1, 0.15) is 12.4 Å². The number of ether oxygens (including phenoxy) is 1. The van der Waals surface area contributed by atoms with Crippen molar-refractivity contribution >= 4 is 16.9 Å². The number of benzene rings is 1. The Hall–Kier alpha value is -2.69. The number of nitrogens with one attached hydrogen (secondary N) is 1. The number of hydrogen-bond donors (Lipinski definition) is 1. The number of hydrogen-bond acceptors (Lipinski definition) is 4. The molecule has 1 N–H and O–H groups in total. The van der Waals surface area contributed by atoms with Crippen LogP contribution in [0.3, 0.4) is 0 Å². The molecule has 1 heterocycles. The van der Waals surface area contributed by atoms with Crippen LogP contribution in [0.25, 0.3) is 10.9 Å². The number of H-pyrrole nitrogens is 1. The van der Waals surface area contributed by atoms with Gasteiger partial charge in [0.15, 0.2) is 0 Å². The number of carbonyl (C=O) groups excluding carboxylic acids is 1. The Morgan fingerprint density at radius 3 is 2.95 bits per heavy atom. The summed E-state index contributed by atoms with van der Waals surface area (Å²) < 4.78 is 4.99. The van der Waals surface area contributed by atoms with E-state index in [1.807, 2.05) is 6.92 Å². The number of allylic oxidation sites excluding steroid dienone is 3. The van der Waals surface area contributed by atoms with Gasteiger partial charge in [0.2, 0.25) is 0 Å². The van der Waals surface area contributed by atoms with Crippen molar-refractivity contribution in [2.45, 2.75) is 13.5 Å². The van der Waals surface area contributed by atoms with Gasteiger partial charge in [0, 0.05) is 6.08 Å². The highest BCUT2D eigenvalue weighted by Crippen LogP contribution is 2.06. The van der Waals surface area contributed by atoms with E-state index in [-0.39, 0.29) is 12.2 Å². The topological polar surface area (TPSA) is 72.0 Å². The molecule has 0 fully saturated rings. The third kappa shape index (κ3) is 3.41. The predicted molar refractivity (Wildman–Crippen MR) is 76.1 cm³/mol. The Morgan fingerprint density at radius 2 is 2.15 bits per heavy atom. The molecule has 0 radical (unpaired) electrons. The van der Waals surface area contributed by atoms with E-state index in [2.05, 4.69) is 9.97 Å². The molecule has 102 valence electrons. The summed E-state index contributed by atoms with van der Waals surface area (Å²) in [6, 6.07) is 6.99. The van der Waals surface area contributed by atoms with Crippen LogP contribution in [0.5, 0.6) is 0 Å². The van der Waals surface area contributed by atoms with Crippen LogP contribution in [0.15, 0.2) is 53.4 Å². The van der Waals surface area contributed by atoms with Crippen molar-refractivity contribution in [3.63, 3.8) is 0 Å². The van der Waals surface area contributed by atoms with Gasteiger partial charge in [-0.2, -0.15) is 0 Å². The summed E-state index contributed by atoms with van der Waals surface area (Å²) in [5.74, 6) is -0.166. The van der Waals surface area contributed by atoms with Crippen LogP contribution >= 0.6 is 0 Å². The van der Waals surface area contributed by atoms with Gasteiger partial charge in [-0.15, -0.1) is 0 Å².